The number of rotatable bonds is 9. The molecule has 0 saturated carbocycles. The normalized spacial score (nSPS) is 12.7. The Morgan fingerprint density at radius 2 is 1.73 bits per heavy atom. The zero-order chi connectivity index (χ0) is 20.3. The van der Waals surface area contributed by atoms with Crippen molar-refractivity contribution in [3.05, 3.63) is 22.2 Å². The van der Waals surface area contributed by atoms with Crippen molar-refractivity contribution in [2.45, 2.75) is 53.2 Å². The van der Waals surface area contributed by atoms with Crippen LogP contribution in [0.2, 0.25) is 0 Å². The minimum Gasteiger partial charge on any atom is -0.496 e. The molecular weight excluding hydrogens is 398 g/mol. The zero-order valence-corrected chi connectivity index (χ0v) is 18.6. The number of hydrogen-bond donors (Lipinski definition) is 3. The standard InChI is InChI=1S/C17H28BrN3O3.C2H6/c1-10(2)16(19)17(22)21-11(3)20-7-6-12-8-15(24-5)13(18)9-14(12)23-4;1-2/h8-11,16,20H,6-7,19H2,1-5H3,(H,21,22);1-2H3. The Hall–Kier alpha value is -1.31. The maximum Gasteiger partial charge on any atom is 0.238 e. The monoisotopic (exact) mass is 431 g/mol. The first-order valence-electron chi connectivity index (χ1n) is 8.99. The van der Waals surface area contributed by atoms with Crippen LogP contribution in [0.25, 0.3) is 0 Å². The van der Waals surface area contributed by atoms with Crippen molar-refractivity contribution in [2.24, 2.45) is 11.7 Å². The minimum absolute atomic E-state index is 0.108. The van der Waals surface area contributed by atoms with Gasteiger partial charge in [-0.25, -0.2) is 0 Å². The molecule has 7 heteroatoms. The lowest BCUT2D eigenvalue weighted by Gasteiger charge is -2.21. The van der Waals surface area contributed by atoms with E-state index in [2.05, 4.69) is 26.6 Å². The molecule has 0 saturated heterocycles. The second-order valence-corrected chi connectivity index (χ2v) is 6.86. The predicted octanol–water partition coefficient (Wildman–Crippen LogP) is 3.07. The van der Waals surface area contributed by atoms with Crippen LogP contribution in [0.3, 0.4) is 0 Å². The van der Waals surface area contributed by atoms with Gasteiger partial charge in [0.05, 0.1) is 30.9 Å². The lowest BCUT2D eigenvalue weighted by Crippen LogP contribution is -2.51. The molecule has 0 aromatic heterocycles. The number of methoxy groups -OCH3 is 2. The van der Waals surface area contributed by atoms with E-state index < -0.39 is 6.04 Å². The van der Waals surface area contributed by atoms with Gasteiger partial charge in [0.1, 0.15) is 11.5 Å². The summed E-state index contributed by atoms with van der Waals surface area (Å²) in [5, 5.41) is 6.13. The first-order chi connectivity index (χ1) is 12.3. The molecule has 0 spiro atoms. The Bertz CT molecular complexity index is 553. The van der Waals surface area contributed by atoms with Crippen LogP contribution in [0.1, 0.15) is 40.2 Å². The van der Waals surface area contributed by atoms with Gasteiger partial charge < -0.3 is 20.5 Å². The Kier molecular flexibility index (Phi) is 12.3. The summed E-state index contributed by atoms with van der Waals surface area (Å²) >= 11 is 3.45. The van der Waals surface area contributed by atoms with E-state index in [1.165, 1.54) is 0 Å². The van der Waals surface area contributed by atoms with Crippen LogP contribution < -0.4 is 25.8 Å². The maximum atomic E-state index is 11.9. The molecule has 1 aromatic carbocycles. The van der Waals surface area contributed by atoms with E-state index in [-0.39, 0.29) is 18.0 Å². The van der Waals surface area contributed by atoms with Crippen LogP contribution in [0.5, 0.6) is 11.5 Å². The van der Waals surface area contributed by atoms with Crippen LogP contribution in [0.4, 0.5) is 0 Å². The quantitative estimate of drug-likeness (QED) is 0.523. The van der Waals surface area contributed by atoms with Gasteiger partial charge in [-0.1, -0.05) is 27.7 Å². The van der Waals surface area contributed by atoms with Crippen molar-refractivity contribution >= 4 is 21.8 Å². The zero-order valence-electron chi connectivity index (χ0n) is 17.0. The first-order valence-corrected chi connectivity index (χ1v) is 9.79. The number of ether oxygens (including phenoxy) is 2. The van der Waals surface area contributed by atoms with Gasteiger partial charge in [-0.2, -0.15) is 0 Å². The van der Waals surface area contributed by atoms with Gasteiger partial charge in [0.15, 0.2) is 0 Å². The van der Waals surface area contributed by atoms with Crippen LogP contribution in [-0.2, 0) is 11.2 Å². The van der Waals surface area contributed by atoms with Crippen LogP contribution >= 0.6 is 15.9 Å². The Labute approximate surface area is 166 Å². The molecule has 0 heterocycles. The Morgan fingerprint density at radius 1 is 1.15 bits per heavy atom. The third kappa shape index (κ3) is 7.93. The van der Waals surface area contributed by atoms with Crippen molar-refractivity contribution in [1.82, 2.24) is 10.6 Å². The molecule has 1 rings (SSSR count). The number of hydrogen-bond acceptors (Lipinski definition) is 5. The van der Waals surface area contributed by atoms with Gasteiger partial charge in [0.2, 0.25) is 5.91 Å². The molecule has 2 atom stereocenters. The van der Waals surface area contributed by atoms with E-state index >= 15 is 0 Å². The Morgan fingerprint density at radius 3 is 2.23 bits per heavy atom. The number of halogens is 1. The molecule has 6 nitrogen and oxygen atoms in total. The summed E-state index contributed by atoms with van der Waals surface area (Å²) in [6, 6.07) is 3.34. The van der Waals surface area contributed by atoms with E-state index in [0.717, 1.165) is 28.0 Å². The molecule has 0 bridgehead atoms. The number of nitrogens with two attached hydrogens (primary N) is 1. The van der Waals surface area contributed by atoms with Crippen LogP contribution in [0.15, 0.2) is 16.6 Å². The molecule has 0 aliphatic carbocycles. The number of carbonyl (C=O) groups is 1. The van der Waals surface area contributed by atoms with E-state index in [1.807, 2.05) is 46.8 Å². The predicted molar refractivity (Wildman–Crippen MR) is 111 cm³/mol. The molecule has 2 unspecified atom stereocenters. The highest BCUT2D eigenvalue weighted by molar-refractivity contribution is 9.10. The fourth-order valence-corrected chi connectivity index (χ4v) is 2.69. The molecule has 150 valence electrons. The van der Waals surface area contributed by atoms with Gasteiger partial charge in [-0.05, 0) is 52.9 Å². The van der Waals surface area contributed by atoms with Crippen molar-refractivity contribution in [1.29, 1.82) is 0 Å². The van der Waals surface area contributed by atoms with Gasteiger partial charge >= 0.3 is 0 Å². The summed E-state index contributed by atoms with van der Waals surface area (Å²) in [6.45, 7) is 10.4. The average molecular weight is 432 g/mol. The van der Waals surface area contributed by atoms with Crippen molar-refractivity contribution in [2.75, 3.05) is 20.8 Å². The summed E-state index contributed by atoms with van der Waals surface area (Å²) in [5.41, 5.74) is 6.87. The second-order valence-electron chi connectivity index (χ2n) is 6.00. The number of amides is 1. The summed E-state index contributed by atoms with van der Waals surface area (Å²) in [5.74, 6) is 1.52. The fraction of sp³-hybridized carbons (Fsp3) is 0.632. The number of benzene rings is 1. The SMILES string of the molecule is CC.COc1cc(CCNC(C)NC(=O)C(N)C(C)C)c(OC)cc1Br. The third-order valence-corrected chi connectivity index (χ3v) is 4.40. The van der Waals surface area contributed by atoms with Crippen LogP contribution in [0, 0.1) is 5.92 Å². The molecule has 26 heavy (non-hydrogen) atoms. The third-order valence-electron chi connectivity index (χ3n) is 3.78. The number of carbonyl (C=O) groups excluding carboxylic acids is 1. The second kappa shape index (κ2) is 12.9. The maximum absolute atomic E-state index is 11.9. The summed E-state index contributed by atoms with van der Waals surface area (Å²) in [7, 11) is 3.27. The minimum atomic E-state index is -0.495. The first kappa shape index (κ1) is 24.7. The summed E-state index contributed by atoms with van der Waals surface area (Å²) in [6.07, 6.45) is 0.578. The topological polar surface area (TPSA) is 85.6 Å². The molecule has 4 N–H and O–H groups in total. The van der Waals surface area contributed by atoms with Crippen molar-refractivity contribution < 1.29 is 14.3 Å². The van der Waals surface area contributed by atoms with Gasteiger partial charge in [-0.15, -0.1) is 0 Å². The average Bonchev–Trinajstić information content (AvgIpc) is 2.63. The van der Waals surface area contributed by atoms with E-state index in [1.54, 1.807) is 14.2 Å². The largest absolute Gasteiger partial charge is 0.496 e. The highest BCUT2D eigenvalue weighted by Crippen LogP contribution is 2.32. The summed E-state index contributed by atoms with van der Waals surface area (Å²) < 4.78 is 11.6. The van der Waals surface area contributed by atoms with Gasteiger partial charge in [-0.3, -0.25) is 10.1 Å². The molecule has 1 aromatic rings. The lowest BCUT2D eigenvalue weighted by atomic mass is 10.1. The number of nitrogens with one attached hydrogen (secondary N) is 2. The fourth-order valence-electron chi connectivity index (χ4n) is 2.21. The molecule has 0 fully saturated rings. The lowest BCUT2D eigenvalue weighted by molar-refractivity contribution is -0.124. The molecule has 1 amide bonds. The smallest absolute Gasteiger partial charge is 0.238 e. The molecular formula is C19H34BrN3O3. The van der Waals surface area contributed by atoms with Crippen molar-refractivity contribution in [3.63, 3.8) is 0 Å². The Balaban J connectivity index is 0.00000301. The highest BCUT2D eigenvalue weighted by Gasteiger charge is 2.18. The van der Waals surface area contributed by atoms with Gasteiger partial charge in [0, 0.05) is 6.54 Å². The van der Waals surface area contributed by atoms with E-state index in [9.17, 15) is 4.79 Å². The molecule has 0 aliphatic heterocycles. The van der Waals surface area contributed by atoms with E-state index in [0.29, 0.717) is 6.54 Å². The molecule has 0 radical (unpaired) electrons. The molecule has 0 aliphatic rings. The summed E-state index contributed by atoms with van der Waals surface area (Å²) in [4.78, 5) is 11.9. The van der Waals surface area contributed by atoms with Gasteiger partial charge in [0.25, 0.3) is 0 Å². The van der Waals surface area contributed by atoms with Crippen LogP contribution in [-0.4, -0.2) is 38.9 Å². The highest BCUT2D eigenvalue weighted by atomic mass is 79.9. The van der Waals surface area contributed by atoms with Crippen molar-refractivity contribution in [3.8, 4) is 11.5 Å². The van der Waals surface area contributed by atoms with E-state index in [4.69, 9.17) is 15.2 Å².